The number of hydrogen-bond acceptors (Lipinski definition) is 8. The highest BCUT2D eigenvalue weighted by Gasteiger charge is 2.42. The van der Waals surface area contributed by atoms with Gasteiger partial charge in [0.2, 0.25) is 0 Å². The van der Waals surface area contributed by atoms with Crippen LogP contribution in [0.3, 0.4) is 0 Å². The molecule has 0 spiro atoms. The predicted octanol–water partition coefficient (Wildman–Crippen LogP) is 10.5. The summed E-state index contributed by atoms with van der Waals surface area (Å²) in [5, 5.41) is 0. The number of esters is 2. The van der Waals surface area contributed by atoms with Crippen LogP contribution >= 0.6 is 0 Å². The molecule has 0 fully saturated rings. The van der Waals surface area contributed by atoms with E-state index in [1.54, 1.807) is 86.7 Å². The topological polar surface area (TPSA) is 127 Å². The van der Waals surface area contributed by atoms with Gasteiger partial charge in [-0.3, -0.25) is 8.61 Å². The molecule has 2 heterocycles. The van der Waals surface area contributed by atoms with Gasteiger partial charge in [0.15, 0.2) is 0 Å². The molecule has 12 heteroatoms. The van der Waals surface area contributed by atoms with E-state index in [0.29, 0.717) is 22.5 Å². The van der Waals surface area contributed by atoms with Gasteiger partial charge < -0.3 is 9.47 Å². The van der Waals surface area contributed by atoms with E-state index in [4.69, 9.17) is 9.47 Å². The number of benzene rings is 6. The lowest BCUT2D eigenvalue weighted by Gasteiger charge is -2.37. The van der Waals surface area contributed by atoms with Crippen molar-refractivity contribution in [2.45, 2.75) is 49.6 Å². The van der Waals surface area contributed by atoms with Crippen LogP contribution < -0.4 is 0 Å². The van der Waals surface area contributed by atoms with Crippen LogP contribution in [0, 0.1) is 13.8 Å². The molecule has 0 aromatic heterocycles. The van der Waals surface area contributed by atoms with E-state index in [2.05, 4.69) is 0 Å². The number of sulfonamides is 2. The Labute approximate surface area is 387 Å². The van der Waals surface area contributed by atoms with E-state index in [1.165, 1.54) is 8.61 Å². The van der Waals surface area contributed by atoms with Crippen LogP contribution in [0.2, 0.25) is 0 Å². The van der Waals surface area contributed by atoms with E-state index in [0.717, 1.165) is 22.3 Å². The van der Waals surface area contributed by atoms with Crippen LogP contribution in [0.4, 0.5) is 0 Å². The van der Waals surface area contributed by atoms with E-state index in [-0.39, 0.29) is 34.2 Å². The van der Waals surface area contributed by atoms with Crippen molar-refractivity contribution in [3.8, 4) is 0 Å². The molecule has 2 aliphatic heterocycles. The maximum atomic E-state index is 14.1. The molecule has 0 aliphatic carbocycles. The first-order chi connectivity index (χ1) is 31.9. The summed E-state index contributed by atoms with van der Waals surface area (Å²) in [6.07, 6.45) is 6.68. The Bertz CT molecular complexity index is 2800. The molecule has 8 rings (SSSR count). The van der Waals surface area contributed by atoms with Crippen LogP contribution in [-0.2, 0) is 39.1 Å². The van der Waals surface area contributed by atoms with Crippen molar-refractivity contribution in [1.82, 2.24) is 8.61 Å². The Balaban J connectivity index is 0.000000196. The van der Waals surface area contributed by atoms with Crippen molar-refractivity contribution < 1.29 is 35.9 Å². The summed E-state index contributed by atoms with van der Waals surface area (Å²) in [5.74, 6) is -1.09. The first-order valence-corrected chi connectivity index (χ1v) is 24.4. The van der Waals surface area contributed by atoms with Crippen molar-refractivity contribution in [2.75, 3.05) is 13.2 Å². The third-order valence-electron chi connectivity index (χ3n) is 10.9. The molecule has 66 heavy (non-hydrogen) atoms. The number of aryl methyl sites for hydroxylation is 2. The van der Waals surface area contributed by atoms with Crippen LogP contribution in [0.1, 0.15) is 59.3 Å². The molecule has 10 nitrogen and oxygen atoms in total. The highest BCUT2D eigenvalue weighted by molar-refractivity contribution is 7.89. The number of carbonyl (C=O) groups is 2. The summed E-state index contributed by atoms with van der Waals surface area (Å²) in [4.78, 5) is 26.2. The average molecular weight is 919 g/mol. The van der Waals surface area contributed by atoms with Gasteiger partial charge in [0, 0.05) is 0 Å². The van der Waals surface area contributed by atoms with Crippen LogP contribution in [-0.4, -0.2) is 50.6 Å². The molecule has 0 unspecified atom stereocenters. The standard InChI is InChI=1S/2C27H25NO4S/c2*1-3-32-27(29)24-18-19-25(21-10-6-4-7-11-21)28(26(24)22-12-8-5-9-13-22)33(30,31)23-16-14-20(2)15-17-23/h2*4-19,26H,3H2,1-2H3/t2*26-/m10/s1. The SMILES string of the molecule is CCOC(=O)C1=CC=C(c2ccccc2)N(S(=O)(=O)c2ccc(C)cc2)[C@@H]1c1ccccc1.CCOC(=O)C1=CC=C(c2ccccc2)N(S(=O)(=O)c2ccc(C)cc2)[C@H]1c1ccccc1. The summed E-state index contributed by atoms with van der Waals surface area (Å²) in [6.45, 7) is 7.65. The van der Waals surface area contributed by atoms with Gasteiger partial charge in [-0.25, -0.2) is 26.4 Å². The van der Waals surface area contributed by atoms with Gasteiger partial charge >= 0.3 is 11.9 Å². The average Bonchev–Trinajstić information content (AvgIpc) is 3.34. The maximum absolute atomic E-state index is 14.1. The molecule has 0 N–H and O–H groups in total. The second kappa shape index (κ2) is 20.7. The maximum Gasteiger partial charge on any atom is 0.336 e. The molecule has 2 aliphatic rings. The van der Waals surface area contributed by atoms with Gasteiger partial charge in [0.25, 0.3) is 20.0 Å². The lowest BCUT2D eigenvalue weighted by atomic mass is 9.94. The second-order valence-electron chi connectivity index (χ2n) is 15.4. The molecule has 0 bridgehead atoms. The molecular formula is C54H50N2O8S2. The lowest BCUT2D eigenvalue weighted by molar-refractivity contribution is -0.140. The van der Waals surface area contributed by atoms with Crippen LogP contribution in [0.5, 0.6) is 0 Å². The normalized spacial score (nSPS) is 16.1. The highest BCUT2D eigenvalue weighted by Crippen LogP contribution is 2.45. The van der Waals surface area contributed by atoms with Gasteiger partial charge in [-0.05, 0) is 98.5 Å². The van der Waals surface area contributed by atoms with E-state index >= 15 is 0 Å². The number of ether oxygens (including phenoxy) is 2. The number of nitrogens with zero attached hydrogens (tertiary/aromatic N) is 2. The Morgan fingerprint density at radius 1 is 0.439 bits per heavy atom. The number of hydrogen-bond donors (Lipinski definition) is 0. The molecule has 336 valence electrons. The first-order valence-electron chi connectivity index (χ1n) is 21.5. The molecular weight excluding hydrogens is 869 g/mol. The zero-order valence-electron chi connectivity index (χ0n) is 37.0. The third-order valence-corrected chi connectivity index (χ3v) is 14.5. The van der Waals surface area contributed by atoms with Crippen LogP contribution in [0.25, 0.3) is 11.4 Å². The summed E-state index contributed by atoms with van der Waals surface area (Å²) >= 11 is 0. The largest absolute Gasteiger partial charge is 0.463 e. The van der Waals surface area contributed by atoms with Crippen molar-refractivity contribution in [1.29, 1.82) is 0 Å². The van der Waals surface area contributed by atoms with E-state index in [1.807, 2.05) is 135 Å². The Hall–Kier alpha value is -7.28. The van der Waals surface area contributed by atoms with Gasteiger partial charge in [-0.1, -0.05) is 157 Å². The summed E-state index contributed by atoms with van der Waals surface area (Å²) in [5.41, 5.74) is 6.22. The molecule has 0 saturated heterocycles. The minimum atomic E-state index is -4.04. The zero-order valence-corrected chi connectivity index (χ0v) is 38.7. The fourth-order valence-corrected chi connectivity index (χ4v) is 11.0. The van der Waals surface area contributed by atoms with Gasteiger partial charge in [0.05, 0.1) is 45.5 Å². The van der Waals surface area contributed by atoms with Gasteiger partial charge in [0.1, 0.15) is 12.1 Å². The summed E-state index contributed by atoms with van der Waals surface area (Å²) in [6, 6.07) is 48.6. The first kappa shape index (κ1) is 46.7. The van der Waals surface area contributed by atoms with Gasteiger partial charge in [-0.15, -0.1) is 0 Å². The number of carbonyl (C=O) groups excluding carboxylic acids is 2. The number of allylic oxidation sites excluding steroid dienone is 4. The third kappa shape index (κ3) is 10.00. The Morgan fingerprint density at radius 3 is 1.05 bits per heavy atom. The van der Waals surface area contributed by atoms with Crippen molar-refractivity contribution in [3.63, 3.8) is 0 Å². The fraction of sp³-hybridized carbons (Fsp3) is 0.148. The van der Waals surface area contributed by atoms with Crippen LogP contribution in [0.15, 0.2) is 215 Å². The molecule has 6 aromatic rings. The quantitative estimate of drug-likeness (QED) is 0.111. The number of rotatable bonds is 12. The highest BCUT2D eigenvalue weighted by atomic mass is 32.2. The second-order valence-corrected chi connectivity index (χ2v) is 19.0. The molecule has 0 saturated carbocycles. The lowest BCUT2D eigenvalue weighted by Crippen LogP contribution is -2.38. The Kier molecular flexibility index (Phi) is 14.6. The minimum absolute atomic E-state index is 0.154. The van der Waals surface area contributed by atoms with Crippen molar-refractivity contribution in [3.05, 3.63) is 239 Å². The minimum Gasteiger partial charge on any atom is -0.463 e. The molecule has 6 aromatic carbocycles. The zero-order chi connectivity index (χ0) is 46.8. The Morgan fingerprint density at radius 2 is 0.742 bits per heavy atom. The summed E-state index contributed by atoms with van der Waals surface area (Å²) in [7, 11) is -8.08. The smallest absolute Gasteiger partial charge is 0.336 e. The van der Waals surface area contributed by atoms with Crippen molar-refractivity contribution >= 4 is 43.4 Å². The van der Waals surface area contributed by atoms with Crippen molar-refractivity contribution in [2.24, 2.45) is 0 Å². The van der Waals surface area contributed by atoms with E-state index < -0.39 is 44.1 Å². The molecule has 0 amide bonds. The van der Waals surface area contributed by atoms with E-state index in [9.17, 15) is 26.4 Å². The molecule has 0 radical (unpaired) electrons. The monoisotopic (exact) mass is 918 g/mol. The van der Waals surface area contributed by atoms with Gasteiger partial charge in [-0.2, -0.15) is 0 Å². The predicted molar refractivity (Wildman–Crippen MR) is 257 cm³/mol. The summed E-state index contributed by atoms with van der Waals surface area (Å²) < 4.78 is 69.7. The molecule has 2 atom stereocenters. The fourth-order valence-electron chi connectivity index (χ4n) is 7.74.